The van der Waals surface area contributed by atoms with Gasteiger partial charge in [0, 0.05) is 31.6 Å². The van der Waals surface area contributed by atoms with E-state index in [1.807, 2.05) is 20.9 Å². The highest BCUT2D eigenvalue weighted by Crippen LogP contribution is 2.24. The van der Waals surface area contributed by atoms with Gasteiger partial charge >= 0.3 is 0 Å². The van der Waals surface area contributed by atoms with Gasteiger partial charge in [-0.2, -0.15) is 0 Å². The number of unbranched alkanes of at least 4 members (excludes halogenated alkanes) is 1. The topological polar surface area (TPSA) is 65.5 Å². The molecule has 1 amide bonds. The third-order valence-corrected chi connectivity index (χ3v) is 4.54. The van der Waals surface area contributed by atoms with E-state index in [-0.39, 0.29) is 17.9 Å². The number of nitrogens with zero attached hydrogens (tertiary/aromatic N) is 1. The Balaban J connectivity index is 2.33. The SMILES string of the molecule is CN=C(NCCCCC(C)C)NC1CCCC(C(=O)NC(C)C)C1. The molecule has 1 saturated carbocycles. The summed E-state index contributed by atoms with van der Waals surface area (Å²) < 4.78 is 0. The van der Waals surface area contributed by atoms with Crippen molar-refractivity contribution in [3.05, 3.63) is 0 Å². The van der Waals surface area contributed by atoms with Crippen LogP contribution in [0.2, 0.25) is 0 Å². The maximum absolute atomic E-state index is 12.2. The third kappa shape index (κ3) is 8.55. The maximum Gasteiger partial charge on any atom is 0.223 e. The molecule has 0 aromatic rings. The minimum absolute atomic E-state index is 0.128. The lowest BCUT2D eigenvalue weighted by Crippen LogP contribution is -2.47. The van der Waals surface area contributed by atoms with Gasteiger partial charge in [-0.3, -0.25) is 9.79 Å². The van der Waals surface area contributed by atoms with E-state index < -0.39 is 0 Å². The second kappa shape index (κ2) is 11.3. The molecule has 2 atom stereocenters. The van der Waals surface area contributed by atoms with Gasteiger partial charge in [0.25, 0.3) is 0 Å². The molecule has 140 valence electrons. The molecule has 2 unspecified atom stereocenters. The molecule has 0 radical (unpaired) electrons. The second-order valence-corrected chi connectivity index (χ2v) is 7.76. The number of nitrogens with one attached hydrogen (secondary N) is 3. The van der Waals surface area contributed by atoms with E-state index >= 15 is 0 Å². The number of guanidine groups is 1. The van der Waals surface area contributed by atoms with Gasteiger partial charge in [-0.05, 0) is 45.4 Å². The first kappa shape index (κ1) is 20.8. The first-order chi connectivity index (χ1) is 11.4. The van der Waals surface area contributed by atoms with E-state index in [1.54, 1.807) is 0 Å². The zero-order valence-electron chi connectivity index (χ0n) is 16.3. The van der Waals surface area contributed by atoms with Gasteiger partial charge in [0.2, 0.25) is 5.91 Å². The van der Waals surface area contributed by atoms with Crippen molar-refractivity contribution < 1.29 is 4.79 Å². The molecule has 24 heavy (non-hydrogen) atoms. The summed E-state index contributed by atoms with van der Waals surface area (Å²) >= 11 is 0. The molecule has 0 spiro atoms. The summed E-state index contributed by atoms with van der Waals surface area (Å²) in [5, 5.41) is 9.95. The average Bonchev–Trinajstić information content (AvgIpc) is 2.52. The van der Waals surface area contributed by atoms with Gasteiger partial charge < -0.3 is 16.0 Å². The summed E-state index contributed by atoms with van der Waals surface area (Å²) in [5.74, 6) is 1.98. The Labute approximate surface area is 148 Å². The Hall–Kier alpha value is -1.26. The fraction of sp³-hybridized carbons (Fsp3) is 0.895. The van der Waals surface area contributed by atoms with Crippen molar-refractivity contribution in [3.8, 4) is 0 Å². The summed E-state index contributed by atoms with van der Waals surface area (Å²) in [7, 11) is 1.81. The molecule has 0 aromatic heterocycles. The largest absolute Gasteiger partial charge is 0.356 e. The molecule has 0 bridgehead atoms. The predicted octanol–water partition coefficient (Wildman–Crippen LogP) is 3.06. The Kier molecular flexibility index (Phi) is 9.80. The van der Waals surface area contributed by atoms with E-state index in [2.05, 4.69) is 34.8 Å². The van der Waals surface area contributed by atoms with Crippen LogP contribution in [-0.4, -0.2) is 37.5 Å². The van der Waals surface area contributed by atoms with Crippen LogP contribution in [0.5, 0.6) is 0 Å². The molecule has 1 aliphatic carbocycles. The highest BCUT2D eigenvalue weighted by atomic mass is 16.1. The van der Waals surface area contributed by atoms with E-state index in [9.17, 15) is 4.79 Å². The Bertz CT molecular complexity index is 393. The number of aliphatic imine (C=N–C) groups is 1. The van der Waals surface area contributed by atoms with Crippen molar-refractivity contribution in [2.24, 2.45) is 16.8 Å². The molecule has 1 aliphatic rings. The second-order valence-electron chi connectivity index (χ2n) is 7.76. The molecule has 1 rings (SSSR count). The van der Waals surface area contributed by atoms with Crippen molar-refractivity contribution in [1.29, 1.82) is 0 Å². The third-order valence-electron chi connectivity index (χ3n) is 4.54. The fourth-order valence-electron chi connectivity index (χ4n) is 3.23. The molecule has 3 N–H and O–H groups in total. The van der Waals surface area contributed by atoms with Crippen LogP contribution in [0.25, 0.3) is 0 Å². The highest BCUT2D eigenvalue weighted by Gasteiger charge is 2.27. The monoisotopic (exact) mass is 338 g/mol. The van der Waals surface area contributed by atoms with Crippen molar-refractivity contribution in [3.63, 3.8) is 0 Å². The van der Waals surface area contributed by atoms with Crippen LogP contribution in [0, 0.1) is 11.8 Å². The zero-order chi connectivity index (χ0) is 17.9. The van der Waals surface area contributed by atoms with Gasteiger partial charge in [-0.15, -0.1) is 0 Å². The number of carbonyl (C=O) groups excluding carboxylic acids is 1. The van der Waals surface area contributed by atoms with Crippen molar-refractivity contribution in [1.82, 2.24) is 16.0 Å². The van der Waals surface area contributed by atoms with Crippen LogP contribution in [0.3, 0.4) is 0 Å². The van der Waals surface area contributed by atoms with E-state index in [0.29, 0.717) is 6.04 Å². The standard InChI is InChI=1S/C19H38N4O/c1-14(2)9-6-7-12-21-19(20-5)23-17-11-8-10-16(13-17)18(24)22-15(3)4/h14-17H,6-13H2,1-5H3,(H,22,24)(H2,20,21,23). The maximum atomic E-state index is 12.2. The first-order valence-corrected chi connectivity index (χ1v) is 9.70. The number of carbonyl (C=O) groups is 1. The van der Waals surface area contributed by atoms with Crippen molar-refractivity contribution >= 4 is 11.9 Å². The molecule has 0 heterocycles. The Morgan fingerprint density at radius 1 is 1.17 bits per heavy atom. The molecule has 0 aliphatic heterocycles. The van der Waals surface area contributed by atoms with E-state index in [4.69, 9.17) is 0 Å². The number of rotatable bonds is 8. The van der Waals surface area contributed by atoms with Gasteiger partial charge in [-0.25, -0.2) is 0 Å². The molecular weight excluding hydrogens is 300 g/mol. The summed E-state index contributed by atoms with van der Waals surface area (Å²) in [4.78, 5) is 16.6. The number of hydrogen-bond acceptors (Lipinski definition) is 2. The minimum Gasteiger partial charge on any atom is -0.356 e. The number of hydrogen-bond donors (Lipinski definition) is 3. The van der Waals surface area contributed by atoms with Crippen LogP contribution in [0.1, 0.15) is 72.6 Å². The predicted molar refractivity (Wildman–Crippen MR) is 102 cm³/mol. The summed E-state index contributed by atoms with van der Waals surface area (Å²) in [6, 6.07) is 0.551. The van der Waals surface area contributed by atoms with E-state index in [1.165, 1.54) is 19.3 Å². The number of amides is 1. The fourth-order valence-corrected chi connectivity index (χ4v) is 3.23. The van der Waals surface area contributed by atoms with Gasteiger partial charge in [0.15, 0.2) is 5.96 Å². The lowest BCUT2D eigenvalue weighted by atomic mass is 9.85. The minimum atomic E-state index is 0.128. The highest BCUT2D eigenvalue weighted by molar-refractivity contribution is 5.81. The molecule has 0 aromatic carbocycles. The van der Waals surface area contributed by atoms with Crippen LogP contribution < -0.4 is 16.0 Å². The molecule has 5 heteroatoms. The summed E-state index contributed by atoms with van der Waals surface area (Å²) in [6.07, 6.45) is 7.80. The molecule has 5 nitrogen and oxygen atoms in total. The summed E-state index contributed by atoms with van der Waals surface area (Å²) in [6.45, 7) is 9.52. The van der Waals surface area contributed by atoms with Crippen LogP contribution in [0.4, 0.5) is 0 Å². The quantitative estimate of drug-likeness (QED) is 0.362. The first-order valence-electron chi connectivity index (χ1n) is 9.70. The van der Waals surface area contributed by atoms with Gasteiger partial charge in [0.05, 0.1) is 0 Å². The van der Waals surface area contributed by atoms with Gasteiger partial charge in [0.1, 0.15) is 0 Å². The Morgan fingerprint density at radius 3 is 2.54 bits per heavy atom. The lowest BCUT2D eigenvalue weighted by Gasteiger charge is -2.30. The van der Waals surface area contributed by atoms with Crippen LogP contribution in [-0.2, 0) is 4.79 Å². The van der Waals surface area contributed by atoms with E-state index in [0.717, 1.165) is 44.1 Å². The van der Waals surface area contributed by atoms with Gasteiger partial charge in [-0.1, -0.05) is 33.1 Å². The lowest BCUT2D eigenvalue weighted by molar-refractivity contribution is -0.126. The molecular formula is C19H38N4O. The Morgan fingerprint density at radius 2 is 1.92 bits per heavy atom. The van der Waals surface area contributed by atoms with Crippen LogP contribution in [0.15, 0.2) is 4.99 Å². The average molecular weight is 339 g/mol. The summed E-state index contributed by atoms with van der Waals surface area (Å²) in [5.41, 5.74) is 0. The zero-order valence-corrected chi connectivity index (χ0v) is 16.3. The smallest absolute Gasteiger partial charge is 0.223 e. The normalized spacial score (nSPS) is 21.9. The van der Waals surface area contributed by atoms with Crippen molar-refractivity contribution in [2.75, 3.05) is 13.6 Å². The molecule has 1 fully saturated rings. The van der Waals surface area contributed by atoms with Crippen LogP contribution >= 0.6 is 0 Å². The van der Waals surface area contributed by atoms with Crippen molar-refractivity contribution in [2.45, 2.75) is 84.7 Å². The molecule has 0 saturated heterocycles.